The minimum atomic E-state index is -0.349. The zero-order valence-electron chi connectivity index (χ0n) is 12.2. The average molecular weight is 257 g/mol. The highest BCUT2D eigenvalue weighted by Gasteiger charge is 2.16. The number of nitrogens with one attached hydrogen (secondary N) is 2. The SMILES string of the molecule is CCCC(C)NC(=O)C(C)NCC(=O)N(C)CC. The molecule has 0 spiro atoms. The van der Waals surface area contributed by atoms with Crippen molar-refractivity contribution >= 4 is 11.8 Å². The van der Waals surface area contributed by atoms with Crippen molar-refractivity contribution in [2.24, 2.45) is 0 Å². The molecule has 2 unspecified atom stereocenters. The zero-order valence-corrected chi connectivity index (χ0v) is 12.2. The predicted molar refractivity (Wildman–Crippen MR) is 73.3 cm³/mol. The van der Waals surface area contributed by atoms with Crippen molar-refractivity contribution in [3.8, 4) is 0 Å². The minimum absolute atomic E-state index is 0.00115. The Morgan fingerprint density at radius 2 is 1.83 bits per heavy atom. The van der Waals surface area contributed by atoms with Gasteiger partial charge in [-0.2, -0.15) is 0 Å². The summed E-state index contributed by atoms with van der Waals surface area (Å²) in [6.07, 6.45) is 2.01. The molecule has 0 saturated carbocycles. The largest absolute Gasteiger partial charge is 0.352 e. The van der Waals surface area contributed by atoms with Crippen LogP contribution in [0.4, 0.5) is 0 Å². The summed E-state index contributed by atoms with van der Waals surface area (Å²) in [6, 6.07) is -0.167. The molecule has 0 aliphatic carbocycles. The first-order valence-electron chi connectivity index (χ1n) is 6.70. The first kappa shape index (κ1) is 16.9. The van der Waals surface area contributed by atoms with Gasteiger partial charge >= 0.3 is 0 Å². The second kappa shape index (κ2) is 8.91. The van der Waals surface area contributed by atoms with E-state index in [0.29, 0.717) is 6.54 Å². The summed E-state index contributed by atoms with van der Waals surface area (Å²) in [5, 5.41) is 5.86. The number of rotatable bonds is 8. The van der Waals surface area contributed by atoms with Gasteiger partial charge < -0.3 is 10.2 Å². The third-order valence-corrected chi connectivity index (χ3v) is 2.96. The van der Waals surface area contributed by atoms with Crippen LogP contribution in [-0.4, -0.2) is 48.9 Å². The van der Waals surface area contributed by atoms with Crippen LogP contribution in [-0.2, 0) is 9.59 Å². The Balaban J connectivity index is 3.98. The Labute approximate surface area is 110 Å². The first-order chi connectivity index (χ1) is 8.42. The average Bonchev–Trinajstić information content (AvgIpc) is 2.34. The fourth-order valence-corrected chi connectivity index (χ4v) is 1.52. The highest BCUT2D eigenvalue weighted by Crippen LogP contribution is 1.95. The molecule has 0 heterocycles. The van der Waals surface area contributed by atoms with Crippen molar-refractivity contribution in [2.45, 2.75) is 52.6 Å². The van der Waals surface area contributed by atoms with Gasteiger partial charge in [0.05, 0.1) is 12.6 Å². The van der Waals surface area contributed by atoms with Gasteiger partial charge in [-0.15, -0.1) is 0 Å². The van der Waals surface area contributed by atoms with Gasteiger partial charge in [0.2, 0.25) is 11.8 Å². The lowest BCUT2D eigenvalue weighted by Crippen LogP contribution is -2.48. The maximum Gasteiger partial charge on any atom is 0.237 e. The summed E-state index contributed by atoms with van der Waals surface area (Å²) >= 11 is 0. The van der Waals surface area contributed by atoms with E-state index in [0.717, 1.165) is 12.8 Å². The van der Waals surface area contributed by atoms with Crippen molar-refractivity contribution in [2.75, 3.05) is 20.1 Å². The van der Waals surface area contributed by atoms with Crippen LogP contribution in [0.5, 0.6) is 0 Å². The summed E-state index contributed by atoms with van der Waals surface area (Å²) in [6.45, 7) is 8.64. The third kappa shape index (κ3) is 6.59. The number of amides is 2. The van der Waals surface area contributed by atoms with Gasteiger partial charge in [0.1, 0.15) is 0 Å². The van der Waals surface area contributed by atoms with Crippen molar-refractivity contribution in [1.29, 1.82) is 0 Å². The molecule has 2 amide bonds. The van der Waals surface area contributed by atoms with E-state index in [-0.39, 0.29) is 30.4 Å². The Morgan fingerprint density at radius 1 is 1.22 bits per heavy atom. The van der Waals surface area contributed by atoms with Gasteiger partial charge in [-0.1, -0.05) is 13.3 Å². The summed E-state index contributed by atoms with van der Waals surface area (Å²) in [5.41, 5.74) is 0. The van der Waals surface area contributed by atoms with Crippen molar-refractivity contribution in [3.63, 3.8) is 0 Å². The molecule has 0 aliphatic heterocycles. The topological polar surface area (TPSA) is 61.4 Å². The number of nitrogens with zero attached hydrogens (tertiary/aromatic N) is 1. The van der Waals surface area contributed by atoms with Crippen LogP contribution in [0, 0.1) is 0 Å². The molecule has 0 rings (SSSR count). The van der Waals surface area contributed by atoms with Crippen molar-refractivity contribution in [3.05, 3.63) is 0 Å². The van der Waals surface area contributed by atoms with E-state index in [1.807, 2.05) is 13.8 Å². The Bertz CT molecular complexity index is 269. The molecule has 0 fully saturated rings. The summed E-state index contributed by atoms with van der Waals surface area (Å²) in [7, 11) is 1.75. The van der Waals surface area contributed by atoms with Gasteiger partial charge in [-0.25, -0.2) is 0 Å². The van der Waals surface area contributed by atoms with Crippen molar-refractivity contribution < 1.29 is 9.59 Å². The molecule has 0 aliphatic rings. The Hall–Kier alpha value is -1.10. The molecule has 2 N–H and O–H groups in total. The van der Waals surface area contributed by atoms with E-state index >= 15 is 0 Å². The van der Waals surface area contributed by atoms with Gasteiger partial charge in [-0.3, -0.25) is 14.9 Å². The van der Waals surface area contributed by atoms with E-state index in [1.165, 1.54) is 0 Å². The smallest absolute Gasteiger partial charge is 0.237 e. The molecule has 0 radical (unpaired) electrons. The highest BCUT2D eigenvalue weighted by atomic mass is 16.2. The lowest BCUT2D eigenvalue weighted by atomic mass is 10.2. The normalized spacial score (nSPS) is 13.8. The van der Waals surface area contributed by atoms with E-state index in [4.69, 9.17) is 0 Å². The molecule has 0 aromatic carbocycles. The Kier molecular flexibility index (Phi) is 8.37. The van der Waals surface area contributed by atoms with Crippen LogP contribution in [0.2, 0.25) is 0 Å². The van der Waals surface area contributed by atoms with Crippen molar-refractivity contribution in [1.82, 2.24) is 15.5 Å². The van der Waals surface area contributed by atoms with E-state index < -0.39 is 0 Å². The lowest BCUT2D eigenvalue weighted by Gasteiger charge is -2.19. The number of hydrogen-bond donors (Lipinski definition) is 2. The molecular formula is C13H27N3O2. The van der Waals surface area contributed by atoms with Crippen LogP contribution in [0.1, 0.15) is 40.5 Å². The summed E-state index contributed by atoms with van der Waals surface area (Å²) in [5.74, 6) is -0.0540. The van der Waals surface area contributed by atoms with E-state index in [2.05, 4.69) is 17.6 Å². The molecular weight excluding hydrogens is 230 g/mol. The second-order valence-corrected chi connectivity index (χ2v) is 4.71. The second-order valence-electron chi connectivity index (χ2n) is 4.71. The maximum absolute atomic E-state index is 11.8. The third-order valence-electron chi connectivity index (χ3n) is 2.96. The molecule has 5 nitrogen and oxygen atoms in total. The number of hydrogen-bond acceptors (Lipinski definition) is 3. The maximum atomic E-state index is 11.8. The van der Waals surface area contributed by atoms with E-state index in [1.54, 1.807) is 18.9 Å². The first-order valence-corrected chi connectivity index (χ1v) is 6.70. The highest BCUT2D eigenvalue weighted by molar-refractivity contribution is 5.83. The van der Waals surface area contributed by atoms with Gasteiger partial charge in [-0.05, 0) is 27.2 Å². The quantitative estimate of drug-likeness (QED) is 0.674. The van der Waals surface area contributed by atoms with E-state index in [9.17, 15) is 9.59 Å². The van der Waals surface area contributed by atoms with Gasteiger partial charge in [0.25, 0.3) is 0 Å². The molecule has 2 atom stereocenters. The standard InChI is InChI=1S/C13H27N3O2/c1-6-8-10(3)15-13(18)11(4)14-9-12(17)16(5)7-2/h10-11,14H,6-9H2,1-5H3,(H,15,18). The van der Waals surface area contributed by atoms with Crippen LogP contribution < -0.4 is 10.6 Å². The molecule has 5 heteroatoms. The summed E-state index contributed by atoms with van der Waals surface area (Å²) < 4.78 is 0. The number of likely N-dealkylation sites (N-methyl/N-ethyl adjacent to an activating group) is 1. The fourth-order valence-electron chi connectivity index (χ4n) is 1.52. The van der Waals surface area contributed by atoms with Crippen LogP contribution in [0.3, 0.4) is 0 Å². The summed E-state index contributed by atoms with van der Waals surface area (Å²) in [4.78, 5) is 25.0. The molecule has 106 valence electrons. The van der Waals surface area contributed by atoms with Crippen LogP contribution in [0.25, 0.3) is 0 Å². The monoisotopic (exact) mass is 257 g/mol. The number of carbonyl (C=O) groups excluding carboxylic acids is 2. The zero-order chi connectivity index (χ0) is 14.1. The van der Waals surface area contributed by atoms with Crippen LogP contribution in [0.15, 0.2) is 0 Å². The lowest BCUT2D eigenvalue weighted by molar-refractivity contribution is -0.129. The predicted octanol–water partition coefficient (Wildman–Crippen LogP) is 0.748. The molecule has 0 aromatic heterocycles. The molecule has 18 heavy (non-hydrogen) atoms. The van der Waals surface area contributed by atoms with Crippen LogP contribution >= 0.6 is 0 Å². The van der Waals surface area contributed by atoms with Gasteiger partial charge in [0.15, 0.2) is 0 Å². The molecule has 0 saturated heterocycles. The number of carbonyl (C=O) groups is 2. The minimum Gasteiger partial charge on any atom is -0.352 e. The fraction of sp³-hybridized carbons (Fsp3) is 0.846. The Morgan fingerprint density at radius 3 is 2.33 bits per heavy atom. The molecule has 0 aromatic rings. The van der Waals surface area contributed by atoms with Gasteiger partial charge in [0, 0.05) is 19.6 Å². The molecule has 0 bridgehead atoms.